The lowest BCUT2D eigenvalue weighted by Gasteiger charge is -2.11. The molecule has 6 heteroatoms. The molecule has 0 spiro atoms. The van der Waals surface area contributed by atoms with Gasteiger partial charge in [0.1, 0.15) is 18.2 Å². The average molecular weight is 357 g/mol. The van der Waals surface area contributed by atoms with Crippen LogP contribution in [-0.2, 0) is 16.6 Å². The Bertz CT molecular complexity index is 942. The van der Waals surface area contributed by atoms with Crippen molar-refractivity contribution < 1.29 is 17.5 Å². The van der Waals surface area contributed by atoms with E-state index in [2.05, 4.69) is 4.72 Å². The van der Waals surface area contributed by atoms with Crippen molar-refractivity contribution in [3.8, 4) is 5.75 Å². The number of rotatable bonds is 6. The first-order valence-corrected chi connectivity index (χ1v) is 9.06. The first-order valence-electron chi connectivity index (χ1n) is 7.58. The first kappa shape index (κ1) is 17.0. The number of nitrogens with one attached hydrogen (secondary N) is 1. The van der Waals surface area contributed by atoms with Crippen molar-refractivity contribution in [1.29, 1.82) is 0 Å². The second-order valence-corrected chi connectivity index (χ2v) is 7.04. The molecular weight excluding hydrogens is 341 g/mol. The third-order valence-electron chi connectivity index (χ3n) is 3.46. The lowest BCUT2D eigenvalue weighted by molar-refractivity contribution is 0.306. The molecule has 3 aromatic rings. The normalized spacial score (nSPS) is 11.1. The molecule has 1 N–H and O–H groups in total. The number of hydrogen-bond acceptors (Lipinski definition) is 3. The van der Waals surface area contributed by atoms with E-state index in [1.165, 1.54) is 12.1 Å². The van der Waals surface area contributed by atoms with Crippen LogP contribution in [0.3, 0.4) is 0 Å². The molecule has 0 unspecified atom stereocenters. The van der Waals surface area contributed by atoms with Crippen LogP contribution in [0.1, 0.15) is 5.56 Å². The smallest absolute Gasteiger partial charge is 0.261 e. The summed E-state index contributed by atoms with van der Waals surface area (Å²) < 4.78 is 45.8. The van der Waals surface area contributed by atoms with E-state index in [4.69, 9.17) is 4.74 Å². The summed E-state index contributed by atoms with van der Waals surface area (Å²) in [6.45, 7) is 0.384. The summed E-state index contributed by atoms with van der Waals surface area (Å²) >= 11 is 0. The lowest BCUT2D eigenvalue weighted by atomic mass is 10.2. The van der Waals surface area contributed by atoms with Crippen molar-refractivity contribution in [1.82, 2.24) is 0 Å². The summed E-state index contributed by atoms with van der Waals surface area (Å²) in [5, 5.41) is 0. The van der Waals surface area contributed by atoms with Gasteiger partial charge in [-0.15, -0.1) is 0 Å². The fourth-order valence-corrected chi connectivity index (χ4v) is 3.27. The van der Waals surface area contributed by atoms with Crippen LogP contribution < -0.4 is 9.46 Å². The Hall–Kier alpha value is -2.86. The zero-order valence-electron chi connectivity index (χ0n) is 13.2. The van der Waals surface area contributed by atoms with Crippen molar-refractivity contribution in [3.63, 3.8) is 0 Å². The second-order valence-electron chi connectivity index (χ2n) is 5.36. The molecule has 3 rings (SSSR count). The molecule has 0 fully saturated rings. The lowest BCUT2D eigenvalue weighted by Crippen LogP contribution is -2.13. The highest BCUT2D eigenvalue weighted by atomic mass is 32.2. The molecule has 4 nitrogen and oxygen atoms in total. The molecule has 0 amide bonds. The van der Waals surface area contributed by atoms with E-state index in [9.17, 15) is 12.8 Å². The summed E-state index contributed by atoms with van der Waals surface area (Å²) in [6.07, 6.45) is 0. The Morgan fingerprint density at radius 1 is 0.880 bits per heavy atom. The molecule has 0 aliphatic carbocycles. The third kappa shape index (κ3) is 4.58. The summed E-state index contributed by atoms with van der Waals surface area (Å²) in [5.41, 5.74) is 1.38. The fraction of sp³-hybridized carbons (Fsp3) is 0.0526. The molecule has 0 bridgehead atoms. The van der Waals surface area contributed by atoms with Gasteiger partial charge < -0.3 is 4.74 Å². The van der Waals surface area contributed by atoms with E-state index >= 15 is 0 Å². The van der Waals surface area contributed by atoms with Crippen molar-refractivity contribution >= 4 is 15.7 Å². The van der Waals surface area contributed by atoms with Crippen molar-refractivity contribution in [3.05, 3.63) is 90.2 Å². The molecule has 0 saturated heterocycles. The van der Waals surface area contributed by atoms with Gasteiger partial charge in [-0.2, -0.15) is 0 Å². The highest BCUT2D eigenvalue weighted by Gasteiger charge is 2.14. The van der Waals surface area contributed by atoms with Gasteiger partial charge in [0.2, 0.25) is 0 Å². The number of sulfonamides is 1. The van der Waals surface area contributed by atoms with E-state index in [1.54, 1.807) is 24.3 Å². The number of halogens is 1. The second kappa shape index (κ2) is 7.36. The maximum Gasteiger partial charge on any atom is 0.261 e. The fourth-order valence-electron chi connectivity index (χ4n) is 2.22. The summed E-state index contributed by atoms with van der Waals surface area (Å²) in [5.74, 6) is 0.0541. The molecule has 128 valence electrons. The van der Waals surface area contributed by atoms with E-state index in [1.807, 2.05) is 30.3 Å². The van der Waals surface area contributed by atoms with Gasteiger partial charge >= 0.3 is 0 Å². The molecule has 0 aromatic heterocycles. The Kier molecular flexibility index (Phi) is 5.00. The Labute approximate surface area is 146 Å². The van der Waals surface area contributed by atoms with E-state index < -0.39 is 15.8 Å². The van der Waals surface area contributed by atoms with Gasteiger partial charge in [0, 0.05) is 6.07 Å². The molecule has 0 saturated carbocycles. The molecule has 0 heterocycles. The van der Waals surface area contributed by atoms with Crippen LogP contribution in [0.2, 0.25) is 0 Å². The van der Waals surface area contributed by atoms with Gasteiger partial charge in [0.25, 0.3) is 10.0 Å². The monoisotopic (exact) mass is 357 g/mol. The minimum absolute atomic E-state index is 0.00972. The molecule has 3 aromatic carbocycles. The minimum Gasteiger partial charge on any atom is -0.489 e. The average Bonchev–Trinajstić information content (AvgIpc) is 2.61. The minimum atomic E-state index is -3.79. The predicted octanol–water partition coefficient (Wildman–Crippen LogP) is 4.21. The Balaban J connectivity index is 1.72. The summed E-state index contributed by atoms with van der Waals surface area (Å²) in [7, 11) is -3.79. The van der Waals surface area contributed by atoms with Gasteiger partial charge in [0.05, 0.1) is 10.6 Å². The summed E-state index contributed by atoms with van der Waals surface area (Å²) in [4.78, 5) is -0.00972. The van der Waals surface area contributed by atoms with Crippen LogP contribution in [0, 0.1) is 5.82 Å². The van der Waals surface area contributed by atoms with Crippen LogP contribution in [0.4, 0.5) is 10.1 Å². The van der Waals surface area contributed by atoms with E-state index in [0.29, 0.717) is 18.0 Å². The largest absolute Gasteiger partial charge is 0.489 e. The summed E-state index contributed by atoms with van der Waals surface area (Å²) in [6, 6.07) is 21.0. The van der Waals surface area contributed by atoms with Crippen molar-refractivity contribution in [2.45, 2.75) is 11.5 Å². The third-order valence-corrected chi connectivity index (χ3v) is 4.86. The van der Waals surface area contributed by atoms with Gasteiger partial charge in [-0.1, -0.05) is 36.4 Å². The quantitative estimate of drug-likeness (QED) is 0.719. The van der Waals surface area contributed by atoms with Crippen LogP contribution in [0.25, 0.3) is 0 Å². The molecule has 0 atom stereocenters. The van der Waals surface area contributed by atoms with Gasteiger partial charge in [-0.05, 0) is 42.0 Å². The van der Waals surface area contributed by atoms with E-state index in [0.717, 1.165) is 17.7 Å². The zero-order chi connectivity index (χ0) is 17.7. The highest BCUT2D eigenvalue weighted by Crippen LogP contribution is 2.22. The molecule has 0 aliphatic rings. The molecular formula is C19H16FNO3S. The van der Waals surface area contributed by atoms with Crippen LogP contribution in [-0.4, -0.2) is 8.42 Å². The number of hydrogen-bond donors (Lipinski definition) is 1. The van der Waals surface area contributed by atoms with Crippen molar-refractivity contribution in [2.24, 2.45) is 0 Å². The topological polar surface area (TPSA) is 55.4 Å². The molecule has 0 aliphatic heterocycles. The van der Waals surface area contributed by atoms with Crippen LogP contribution in [0.5, 0.6) is 5.75 Å². The van der Waals surface area contributed by atoms with Gasteiger partial charge in [-0.25, -0.2) is 12.8 Å². The number of anilines is 1. The Morgan fingerprint density at radius 2 is 1.60 bits per heavy atom. The molecule has 0 radical (unpaired) electrons. The van der Waals surface area contributed by atoms with Crippen LogP contribution >= 0.6 is 0 Å². The highest BCUT2D eigenvalue weighted by molar-refractivity contribution is 7.92. The van der Waals surface area contributed by atoms with Gasteiger partial charge in [-0.3, -0.25) is 4.72 Å². The predicted molar refractivity (Wildman–Crippen MR) is 94.4 cm³/mol. The number of ether oxygens (including phenoxy) is 1. The first-order chi connectivity index (χ1) is 12.0. The number of benzene rings is 3. The maximum atomic E-state index is 12.9. The zero-order valence-corrected chi connectivity index (χ0v) is 14.0. The van der Waals surface area contributed by atoms with Crippen molar-refractivity contribution in [2.75, 3.05) is 4.72 Å². The Morgan fingerprint density at radius 3 is 2.32 bits per heavy atom. The van der Waals surface area contributed by atoms with Gasteiger partial charge in [0.15, 0.2) is 0 Å². The van der Waals surface area contributed by atoms with E-state index in [-0.39, 0.29) is 4.90 Å². The molecule has 25 heavy (non-hydrogen) atoms. The van der Waals surface area contributed by atoms with Crippen LogP contribution in [0.15, 0.2) is 83.8 Å². The SMILES string of the molecule is O=S(=O)(Nc1cccc(OCc2ccccc2)c1)c1ccc(F)cc1. The maximum absolute atomic E-state index is 12.9. The standard InChI is InChI=1S/C19H16FNO3S/c20-16-9-11-19(12-10-16)25(22,23)21-17-7-4-8-18(13-17)24-14-15-5-2-1-3-6-15/h1-13,21H,14H2.